The zero-order valence-electron chi connectivity index (χ0n) is 17.0. The molecular formula is C19H25CrNO6Si. The molecular weight excluding hydrogens is 418 g/mol. The molecule has 28 heavy (non-hydrogen) atoms. The van der Waals surface area contributed by atoms with Crippen molar-refractivity contribution in [3.63, 3.8) is 0 Å². The Labute approximate surface area is 180 Å². The molecule has 0 bridgehead atoms. The van der Waals surface area contributed by atoms with Gasteiger partial charge in [-0.2, -0.15) is 4.58 Å². The second-order valence-corrected chi connectivity index (χ2v) is 10.7. The molecule has 0 fully saturated rings. The summed E-state index contributed by atoms with van der Waals surface area (Å²) in [6.07, 6.45) is 9.05. The molecule has 0 aliphatic carbocycles. The van der Waals surface area contributed by atoms with Gasteiger partial charge in [-0.1, -0.05) is 33.5 Å². The molecule has 9 heteroatoms. The van der Waals surface area contributed by atoms with E-state index < -0.39 is 8.07 Å². The van der Waals surface area contributed by atoms with Crippen LogP contribution >= 0.6 is 0 Å². The molecule has 0 spiro atoms. The molecule has 0 aromatic rings. The van der Waals surface area contributed by atoms with Crippen LogP contribution in [0, 0.1) is 45.2 Å². The monoisotopic (exact) mass is 443 g/mol. The maximum absolute atomic E-state index is 7.50. The molecule has 7 nitrogen and oxygen atoms in total. The number of ether oxygens (including phenoxy) is 1. The summed E-state index contributed by atoms with van der Waals surface area (Å²) >= 11 is 0. The smallest absolute Gasteiger partial charge is 0 e. The molecule has 0 saturated heterocycles. The van der Waals surface area contributed by atoms with Crippen molar-refractivity contribution >= 4 is 14.0 Å². The van der Waals surface area contributed by atoms with E-state index in [0.29, 0.717) is 5.92 Å². The zero-order valence-corrected chi connectivity index (χ0v) is 19.2. The van der Waals surface area contributed by atoms with Gasteiger partial charge in [-0.3, -0.25) is 0 Å². The van der Waals surface area contributed by atoms with Crippen LogP contribution in [0.2, 0.25) is 19.6 Å². The molecule has 0 aromatic carbocycles. The van der Waals surface area contributed by atoms with E-state index in [1.54, 1.807) is 7.11 Å². The van der Waals surface area contributed by atoms with Crippen LogP contribution in [0.4, 0.5) is 0 Å². The van der Waals surface area contributed by atoms with E-state index in [-0.39, 0.29) is 17.4 Å². The van der Waals surface area contributed by atoms with Crippen molar-refractivity contribution in [2.45, 2.75) is 39.9 Å². The number of hydrogen-bond acceptors (Lipinski definition) is 1. The molecule has 152 valence electrons. The minimum atomic E-state index is -1.34. The summed E-state index contributed by atoms with van der Waals surface area (Å²) in [6.45, 7) is 35.0. The number of nitrogens with zero attached hydrogens (tertiary/aromatic N) is 1. The van der Waals surface area contributed by atoms with Gasteiger partial charge >= 0.3 is 56.5 Å². The normalized spacial score (nSPS) is 13.3. The van der Waals surface area contributed by atoms with E-state index in [1.807, 2.05) is 0 Å². The third-order valence-electron chi connectivity index (χ3n) is 2.98. The third-order valence-corrected chi connectivity index (χ3v) is 5.17. The first-order valence-electron chi connectivity index (χ1n) is 7.42. The summed E-state index contributed by atoms with van der Waals surface area (Å²) in [6, 6.07) is 0. The van der Waals surface area contributed by atoms with Crippen molar-refractivity contribution in [1.82, 2.24) is 0 Å². The fourth-order valence-corrected chi connectivity index (χ4v) is 4.10. The molecule has 0 saturated carbocycles. The molecule has 1 aliphatic rings. The summed E-state index contributed by atoms with van der Waals surface area (Å²) in [4.78, 5) is 0. The average molecular weight is 443 g/mol. The predicted molar refractivity (Wildman–Crippen MR) is 95.5 cm³/mol. The topological polar surface area (TPSA) is 112 Å². The van der Waals surface area contributed by atoms with Crippen molar-refractivity contribution in [2.75, 3.05) is 13.7 Å². The molecule has 0 aromatic heterocycles. The molecule has 1 atom stereocenters. The van der Waals surface area contributed by atoms with Crippen LogP contribution < -0.4 is 0 Å². The van der Waals surface area contributed by atoms with Crippen molar-refractivity contribution in [2.24, 2.45) is 5.92 Å². The van der Waals surface area contributed by atoms with Gasteiger partial charge in [0.1, 0.15) is 6.54 Å². The van der Waals surface area contributed by atoms with Gasteiger partial charge in [0.05, 0.1) is 7.11 Å². The minimum absolute atomic E-state index is 0. The van der Waals surface area contributed by atoms with Gasteiger partial charge in [-0.05, 0) is 12.0 Å². The Balaban J connectivity index is -0.0000000956. The van der Waals surface area contributed by atoms with Crippen LogP contribution in [-0.2, 0) is 45.4 Å². The first-order chi connectivity index (χ1) is 12.9. The van der Waals surface area contributed by atoms with Gasteiger partial charge in [0, 0.05) is 31.9 Å². The van der Waals surface area contributed by atoms with Crippen LogP contribution in [0.15, 0.2) is 17.5 Å². The van der Waals surface area contributed by atoms with E-state index in [2.05, 4.69) is 89.7 Å². The van der Waals surface area contributed by atoms with Gasteiger partial charge < -0.3 is 10.8 Å². The molecule has 1 aliphatic heterocycles. The Bertz CT molecular complexity index is 531. The van der Waals surface area contributed by atoms with Gasteiger partial charge in [0.2, 0.25) is 0 Å². The largest absolute Gasteiger partial charge is 0 e. The van der Waals surface area contributed by atoms with Crippen LogP contribution in [0.5, 0.6) is 0 Å². The van der Waals surface area contributed by atoms with Gasteiger partial charge in [-0.15, -0.1) is 0 Å². The second-order valence-electron chi connectivity index (χ2n) is 5.62. The van der Waals surface area contributed by atoms with Gasteiger partial charge in [0.15, 0.2) is 12.1 Å². The summed E-state index contributed by atoms with van der Waals surface area (Å²) in [5.41, 5.74) is 0. The zero-order chi connectivity index (χ0) is 23.1. The number of hydrogen-bond donors (Lipinski definition) is 0. The van der Waals surface area contributed by atoms with Crippen LogP contribution in [-0.4, -0.2) is 32.2 Å². The summed E-state index contributed by atoms with van der Waals surface area (Å²) in [5.74, 6) is 1.33. The quantitative estimate of drug-likeness (QED) is 0.284. The molecule has 0 amide bonds. The first-order valence-corrected chi connectivity index (χ1v) is 10.9. The van der Waals surface area contributed by atoms with Crippen LogP contribution in [0.3, 0.4) is 0 Å². The first kappa shape index (κ1) is 40.9. The Kier molecular flexibility index (Phi) is 44.1. The van der Waals surface area contributed by atoms with Crippen LogP contribution in [0.1, 0.15) is 20.3 Å². The van der Waals surface area contributed by atoms with E-state index in [0.717, 1.165) is 18.9 Å². The molecule has 1 heterocycles. The van der Waals surface area contributed by atoms with E-state index in [4.69, 9.17) is 28.0 Å². The van der Waals surface area contributed by atoms with Crippen molar-refractivity contribution in [1.29, 1.82) is 0 Å². The SMILES string of the molecule is CCC[N+]1=C(OC)[C-]=C([Si](C)(C)C)C(C)C=C1.[C-]#[O+].[C-]#[O+].[C-]#[O+].[C-]#[O+].[C-]#[O+].[Cr]. The number of rotatable bonds is 3. The van der Waals surface area contributed by atoms with Crippen molar-refractivity contribution in [3.8, 4) is 0 Å². The third kappa shape index (κ3) is 19.2. The maximum atomic E-state index is 7.50. The van der Waals surface area contributed by atoms with Gasteiger partial charge in [-0.25, -0.2) is 5.20 Å². The molecule has 0 radical (unpaired) electrons. The predicted octanol–water partition coefficient (Wildman–Crippen LogP) is 3.03. The standard InChI is InChI=1S/C14H25NOSi.5CO.Cr/c1-7-9-15-10-8-12(2)13(17(4,5)6)11-14(15)16-3;5*1-2;/h8,10,12H,7,9H2,1-6H3;;;;;;. The Morgan fingerprint density at radius 3 is 1.68 bits per heavy atom. The Hall–Kier alpha value is -1.60. The minimum Gasteiger partial charge on any atom is 0 e. The Morgan fingerprint density at radius 2 is 1.39 bits per heavy atom. The summed E-state index contributed by atoms with van der Waals surface area (Å²) in [7, 11) is 0.397. The van der Waals surface area contributed by atoms with E-state index in [9.17, 15) is 0 Å². The summed E-state index contributed by atoms with van der Waals surface area (Å²) in [5, 5.41) is 1.43. The van der Waals surface area contributed by atoms with Crippen molar-refractivity contribution in [3.05, 3.63) is 56.8 Å². The second kappa shape index (κ2) is 30.1. The molecule has 0 N–H and O–H groups in total. The Morgan fingerprint density at radius 1 is 1.00 bits per heavy atom. The summed E-state index contributed by atoms with van der Waals surface area (Å²) < 4.78 is 45.1. The van der Waals surface area contributed by atoms with E-state index >= 15 is 0 Å². The fraction of sp³-hybridized carbons (Fsp3) is 0.474. The fourth-order valence-electron chi connectivity index (χ4n) is 2.15. The number of methoxy groups -OCH3 is 1. The molecule has 1 rings (SSSR count). The molecule has 1 unspecified atom stereocenters. The number of allylic oxidation sites excluding steroid dienone is 2. The van der Waals surface area contributed by atoms with Gasteiger partial charge in [0.25, 0.3) is 0 Å². The van der Waals surface area contributed by atoms with Crippen LogP contribution in [0.25, 0.3) is 0 Å². The van der Waals surface area contributed by atoms with Crippen molar-refractivity contribution < 1.29 is 49.9 Å². The maximum Gasteiger partial charge on any atom is 0 e. The van der Waals surface area contributed by atoms with E-state index in [1.165, 1.54) is 5.20 Å². The average Bonchev–Trinajstić information content (AvgIpc) is 2.89.